The van der Waals surface area contributed by atoms with Crippen LogP contribution in [0.25, 0.3) is 87.6 Å². The lowest BCUT2D eigenvalue weighted by Gasteiger charge is -2.20. The van der Waals surface area contributed by atoms with Gasteiger partial charge in [-0.3, -0.25) is 0 Å². The van der Waals surface area contributed by atoms with E-state index in [-0.39, 0.29) is 0 Å². The van der Waals surface area contributed by atoms with Crippen molar-refractivity contribution in [3.8, 4) is 33.4 Å². The highest BCUT2D eigenvalue weighted by atomic mass is 16.3. The van der Waals surface area contributed by atoms with Crippen LogP contribution >= 0.6 is 0 Å². The Bertz CT molecular complexity index is 2450. The van der Waals surface area contributed by atoms with Crippen molar-refractivity contribution in [3.63, 3.8) is 0 Å². The van der Waals surface area contributed by atoms with Gasteiger partial charge in [0.1, 0.15) is 11.2 Å². The summed E-state index contributed by atoms with van der Waals surface area (Å²) in [5.74, 6) is 0. The quantitative estimate of drug-likeness (QED) is 0.201. The summed E-state index contributed by atoms with van der Waals surface area (Å²) in [6.07, 6.45) is 0. The van der Waals surface area contributed by atoms with E-state index >= 15 is 0 Å². The van der Waals surface area contributed by atoms with Crippen molar-refractivity contribution in [2.75, 3.05) is 0 Å². The van der Waals surface area contributed by atoms with Crippen LogP contribution in [-0.2, 0) is 0 Å². The SMILES string of the molecule is c1ccc(-c2cccc3oc4ccccc4c23)c(-c2c3ccccc3c(-c3cccc4ccccc34)c3ccccc23)c1. The monoisotopic (exact) mass is 546 g/mol. The van der Waals surface area contributed by atoms with Crippen LogP contribution in [0, 0.1) is 0 Å². The molecule has 0 amide bonds. The van der Waals surface area contributed by atoms with E-state index in [1.807, 2.05) is 6.07 Å². The first-order valence-corrected chi connectivity index (χ1v) is 14.8. The van der Waals surface area contributed by atoms with E-state index < -0.39 is 0 Å². The van der Waals surface area contributed by atoms with Gasteiger partial charge in [-0.05, 0) is 77.8 Å². The smallest absolute Gasteiger partial charge is 0.136 e. The van der Waals surface area contributed by atoms with E-state index in [1.165, 1.54) is 65.7 Å². The normalized spacial score (nSPS) is 11.7. The average Bonchev–Trinajstić information content (AvgIpc) is 3.46. The van der Waals surface area contributed by atoms with Gasteiger partial charge in [-0.1, -0.05) is 146 Å². The molecule has 0 fully saturated rings. The van der Waals surface area contributed by atoms with Crippen molar-refractivity contribution in [1.29, 1.82) is 0 Å². The molecule has 0 unspecified atom stereocenters. The molecule has 0 saturated carbocycles. The Kier molecular flexibility index (Phi) is 5.27. The van der Waals surface area contributed by atoms with Gasteiger partial charge in [-0.15, -0.1) is 0 Å². The van der Waals surface area contributed by atoms with Gasteiger partial charge in [0.2, 0.25) is 0 Å². The predicted octanol–water partition coefficient (Wildman–Crippen LogP) is 12.0. The van der Waals surface area contributed by atoms with Crippen LogP contribution in [0.1, 0.15) is 0 Å². The molecule has 0 N–H and O–H groups in total. The lowest BCUT2D eigenvalue weighted by Crippen LogP contribution is -1.93. The fourth-order valence-electron chi connectivity index (χ4n) is 7.09. The Hall–Kier alpha value is -5.66. The third-order valence-electron chi connectivity index (χ3n) is 8.88. The maximum atomic E-state index is 6.30. The first kappa shape index (κ1) is 24.0. The van der Waals surface area contributed by atoms with Crippen molar-refractivity contribution >= 4 is 54.3 Å². The number of fused-ring (bicyclic) bond motifs is 6. The molecule has 0 aliphatic heterocycles. The van der Waals surface area contributed by atoms with Crippen molar-refractivity contribution in [1.82, 2.24) is 0 Å². The summed E-state index contributed by atoms with van der Waals surface area (Å²) in [6.45, 7) is 0. The maximum absolute atomic E-state index is 6.30. The Balaban J connectivity index is 1.42. The van der Waals surface area contributed by atoms with Crippen LogP contribution in [0.3, 0.4) is 0 Å². The largest absolute Gasteiger partial charge is 0.456 e. The van der Waals surface area contributed by atoms with E-state index in [0.29, 0.717) is 0 Å². The molecular formula is C42H26O. The first-order valence-electron chi connectivity index (χ1n) is 14.8. The summed E-state index contributed by atoms with van der Waals surface area (Å²) in [5.41, 5.74) is 9.24. The molecule has 1 aromatic heterocycles. The zero-order valence-corrected chi connectivity index (χ0v) is 23.4. The Morgan fingerprint density at radius 2 is 0.721 bits per heavy atom. The zero-order chi connectivity index (χ0) is 28.3. The molecule has 0 saturated heterocycles. The topological polar surface area (TPSA) is 13.1 Å². The van der Waals surface area contributed by atoms with E-state index in [4.69, 9.17) is 4.42 Å². The molecule has 0 radical (unpaired) electrons. The Labute approximate surface area is 249 Å². The van der Waals surface area contributed by atoms with Gasteiger partial charge in [-0.25, -0.2) is 0 Å². The number of rotatable bonds is 3. The van der Waals surface area contributed by atoms with E-state index in [2.05, 4.69) is 152 Å². The summed E-state index contributed by atoms with van der Waals surface area (Å²) < 4.78 is 6.30. The highest BCUT2D eigenvalue weighted by molar-refractivity contribution is 6.25. The molecule has 200 valence electrons. The van der Waals surface area contributed by atoms with Crippen LogP contribution in [0.2, 0.25) is 0 Å². The van der Waals surface area contributed by atoms with E-state index in [1.54, 1.807) is 0 Å². The summed E-state index contributed by atoms with van der Waals surface area (Å²) in [5, 5.41) is 9.84. The van der Waals surface area contributed by atoms with Gasteiger partial charge < -0.3 is 4.42 Å². The van der Waals surface area contributed by atoms with Crippen molar-refractivity contribution in [3.05, 3.63) is 158 Å². The summed E-state index contributed by atoms with van der Waals surface area (Å²) in [4.78, 5) is 0. The highest BCUT2D eigenvalue weighted by Crippen LogP contribution is 2.48. The predicted molar refractivity (Wildman–Crippen MR) is 183 cm³/mol. The van der Waals surface area contributed by atoms with Gasteiger partial charge in [0.15, 0.2) is 0 Å². The van der Waals surface area contributed by atoms with Gasteiger partial charge in [0, 0.05) is 10.8 Å². The fourth-order valence-corrected chi connectivity index (χ4v) is 7.09. The molecule has 0 aliphatic rings. The molecule has 0 bridgehead atoms. The number of hydrogen-bond acceptors (Lipinski definition) is 1. The second kappa shape index (κ2) is 9.44. The van der Waals surface area contributed by atoms with Gasteiger partial charge >= 0.3 is 0 Å². The number of hydrogen-bond donors (Lipinski definition) is 0. The molecule has 1 heteroatoms. The summed E-state index contributed by atoms with van der Waals surface area (Å²) in [7, 11) is 0. The molecule has 9 rings (SSSR count). The first-order chi connectivity index (χ1) is 21.4. The van der Waals surface area contributed by atoms with Crippen LogP contribution in [0.4, 0.5) is 0 Å². The fraction of sp³-hybridized carbons (Fsp3) is 0. The molecule has 1 nitrogen and oxygen atoms in total. The van der Waals surface area contributed by atoms with Crippen molar-refractivity contribution < 1.29 is 4.42 Å². The zero-order valence-electron chi connectivity index (χ0n) is 23.4. The average molecular weight is 547 g/mol. The molecule has 0 atom stereocenters. The Morgan fingerprint density at radius 1 is 0.279 bits per heavy atom. The molecule has 8 aromatic carbocycles. The second-order valence-corrected chi connectivity index (χ2v) is 11.2. The molecule has 43 heavy (non-hydrogen) atoms. The summed E-state index contributed by atoms with van der Waals surface area (Å²) in [6, 6.07) is 56.8. The van der Waals surface area contributed by atoms with Crippen molar-refractivity contribution in [2.45, 2.75) is 0 Å². The number of para-hydroxylation sites is 1. The molecule has 9 aromatic rings. The molecular weight excluding hydrogens is 520 g/mol. The minimum atomic E-state index is 0.912. The Morgan fingerprint density at radius 3 is 1.44 bits per heavy atom. The highest BCUT2D eigenvalue weighted by Gasteiger charge is 2.21. The lowest BCUT2D eigenvalue weighted by atomic mass is 9.82. The standard InChI is InChI=1S/C42H26O/c1-2-15-28-27(13-1)14-11-23-30(28)40-33-18-5-7-20-35(33)41(36-21-8-6-19-34(36)40)31-17-4-3-16-29(31)32-24-12-26-39-42(32)37-22-9-10-25-38(37)43-39/h1-26H. The molecule has 1 heterocycles. The maximum Gasteiger partial charge on any atom is 0.136 e. The second-order valence-electron chi connectivity index (χ2n) is 11.2. The molecule has 0 aliphatic carbocycles. The minimum absolute atomic E-state index is 0.912. The van der Waals surface area contributed by atoms with E-state index in [0.717, 1.165) is 21.9 Å². The third-order valence-corrected chi connectivity index (χ3v) is 8.88. The van der Waals surface area contributed by atoms with Crippen LogP contribution in [0.15, 0.2) is 162 Å². The van der Waals surface area contributed by atoms with Gasteiger partial charge in [0.05, 0.1) is 0 Å². The number of furan rings is 1. The van der Waals surface area contributed by atoms with Crippen LogP contribution in [-0.4, -0.2) is 0 Å². The van der Waals surface area contributed by atoms with Gasteiger partial charge in [-0.2, -0.15) is 0 Å². The van der Waals surface area contributed by atoms with Crippen LogP contribution in [0.5, 0.6) is 0 Å². The summed E-state index contributed by atoms with van der Waals surface area (Å²) >= 11 is 0. The number of benzene rings is 8. The van der Waals surface area contributed by atoms with Crippen molar-refractivity contribution in [2.24, 2.45) is 0 Å². The van der Waals surface area contributed by atoms with Gasteiger partial charge in [0.25, 0.3) is 0 Å². The van der Waals surface area contributed by atoms with Crippen LogP contribution < -0.4 is 0 Å². The van der Waals surface area contributed by atoms with E-state index in [9.17, 15) is 0 Å². The third kappa shape index (κ3) is 3.58. The minimum Gasteiger partial charge on any atom is -0.456 e. The lowest BCUT2D eigenvalue weighted by molar-refractivity contribution is 0.669. The molecule has 0 spiro atoms.